The van der Waals surface area contributed by atoms with E-state index in [9.17, 15) is 4.79 Å². The second-order valence-electron chi connectivity index (χ2n) is 3.88. The van der Waals surface area contributed by atoms with Gasteiger partial charge in [0, 0.05) is 45.1 Å². The standard InChI is InChI=1S/C10H20N4OS/c1-13(2)9(15)3-4-12-10(11)14-5-7-16-8-6-14/h3-8H2,1-2H3,(H2,11,12). The lowest BCUT2D eigenvalue weighted by atomic mass is 10.4. The van der Waals surface area contributed by atoms with E-state index in [1.165, 1.54) is 0 Å². The molecule has 0 bridgehead atoms. The first-order valence-electron chi connectivity index (χ1n) is 5.44. The second kappa shape index (κ2) is 6.62. The van der Waals surface area contributed by atoms with Crippen LogP contribution in [0, 0.1) is 0 Å². The maximum absolute atomic E-state index is 11.3. The molecule has 0 aromatic rings. The number of carbonyl (C=O) groups is 1. The van der Waals surface area contributed by atoms with Crippen LogP contribution in [0.1, 0.15) is 6.42 Å². The summed E-state index contributed by atoms with van der Waals surface area (Å²) in [6.07, 6.45) is 0.427. The first-order valence-corrected chi connectivity index (χ1v) is 6.59. The molecule has 0 spiro atoms. The Hall–Kier alpha value is -0.910. The van der Waals surface area contributed by atoms with Crippen LogP contribution in [-0.4, -0.2) is 66.9 Å². The quantitative estimate of drug-likeness (QED) is 0.553. The first kappa shape index (κ1) is 13.2. The van der Waals surface area contributed by atoms with Crippen molar-refractivity contribution in [2.24, 2.45) is 10.7 Å². The van der Waals surface area contributed by atoms with E-state index in [1.54, 1.807) is 19.0 Å². The molecule has 1 aliphatic heterocycles. The molecule has 0 radical (unpaired) electrons. The molecular weight excluding hydrogens is 224 g/mol. The van der Waals surface area contributed by atoms with E-state index >= 15 is 0 Å². The molecule has 0 aliphatic carbocycles. The third kappa shape index (κ3) is 4.30. The molecule has 0 aromatic carbocycles. The third-order valence-electron chi connectivity index (χ3n) is 2.43. The average molecular weight is 244 g/mol. The summed E-state index contributed by atoms with van der Waals surface area (Å²) in [4.78, 5) is 19.2. The molecule has 2 N–H and O–H groups in total. The van der Waals surface area contributed by atoms with Crippen molar-refractivity contribution in [1.29, 1.82) is 0 Å². The van der Waals surface area contributed by atoms with Crippen LogP contribution in [0.2, 0.25) is 0 Å². The van der Waals surface area contributed by atoms with E-state index in [0.29, 0.717) is 18.9 Å². The molecule has 0 aromatic heterocycles. The summed E-state index contributed by atoms with van der Waals surface area (Å²) in [5.41, 5.74) is 5.85. The van der Waals surface area contributed by atoms with E-state index in [2.05, 4.69) is 9.89 Å². The van der Waals surface area contributed by atoms with Gasteiger partial charge in [-0.25, -0.2) is 0 Å². The molecule has 1 saturated heterocycles. The summed E-state index contributed by atoms with van der Waals surface area (Å²) in [5.74, 6) is 2.87. The number of aliphatic imine (C=N–C) groups is 1. The topological polar surface area (TPSA) is 61.9 Å². The Labute approximate surface area is 101 Å². The average Bonchev–Trinajstić information content (AvgIpc) is 2.29. The first-order chi connectivity index (χ1) is 7.61. The number of hydrogen-bond donors (Lipinski definition) is 1. The van der Waals surface area contributed by atoms with Crippen molar-refractivity contribution in [3.8, 4) is 0 Å². The van der Waals surface area contributed by atoms with Gasteiger partial charge in [0.15, 0.2) is 5.96 Å². The van der Waals surface area contributed by atoms with Crippen LogP contribution in [0.15, 0.2) is 4.99 Å². The van der Waals surface area contributed by atoms with Crippen LogP contribution >= 0.6 is 11.8 Å². The molecule has 5 nitrogen and oxygen atoms in total. The van der Waals surface area contributed by atoms with Crippen molar-refractivity contribution in [1.82, 2.24) is 9.80 Å². The number of amides is 1. The summed E-state index contributed by atoms with van der Waals surface area (Å²) in [5, 5.41) is 0. The van der Waals surface area contributed by atoms with E-state index in [0.717, 1.165) is 24.6 Å². The lowest BCUT2D eigenvalue weighted by molar-refractivity contribution is -0.128. The van der Waals surface area contributed by atoms with Gasteiger partial charge in [-0.05, 0) is 0 Å². The monoisotopic (exact) mass is 244 g/mol. The molecule has 92 valence electrons. The van der Waals surface area contributed by atoms with Crippen molar-refractivity contribution in [2.45, 2.75) is 6.42 Å². The SMILES string of the molecule is CN(C)C(=O)CCN=C(N)N1CCSCC1. The highest BCUT2D eigenvalue weighted by atomic mass is 32.2. The van der Waals surface area contributed by atoms with Gasteiger partial charge in [0.1, 0.15) is 0 Å². The lowest BCUT2D eigenvalue weighted by Crippen LogP contribution is -2.42. The van der Waals surface area contributed by atoms with E-state index in [1.807, 2.05) is 11.8 Å². The van der Waals surface area contributed by atoms with Gasteiger partial charge in [0.2, 0.25) is 5.91 Å². The van der Waals surface area contributed by atoms with Gasteiger partial charge < -0.3 is 15.5 Å². The van der Waals surface area contributed by atoms with Gasteiger partial charge in [0.05, 0.1) is 6.54 Å². The zero-order valence-electron chi connectivity index (χ0n) is 9.98. The van der Waals surface area contributed by atoms with Crippen LogP contribution in [0.5, 0.6) is 0 Å². The summed E-state index contributed by atoms with van der Waals surface area (Å²) >= 11 is 1.94. The van der Waals surface area contributed by atoms with Gasteiger partial charge in [-0.2, -0.15) is 11.8 Å². The lowest BCUT2D eigenvalue weighted by Gasteiger charge is -2.27. The highest BCUT2D eigenvalue weighted by molar-refractivity contribution is 7.99. The van der Waals surface area contributed by atoms with Gasteiger partial charge >= 0.3 is 0 Å². The Balaban J connectivity index is 2.30. The fraction of sp³-hybridized carbons (Fsp3) is 0.800. The Bertz CT molecular complexity index is 262. The van der Waals surface area contributed by atoms with Gasteiger partial charge in [-0.15, -0.1) is 0 Å². The van der Waals surface area contributed by atoms with Crippen LogP contribution < -0.4 is 5.73 Å². The zero-order valence-corrected chi connectivity index (χ0v) is 10.8. The second-order valence-corrected chi connectivity index (χ2v) is 5.10. The Morgan fingerprint density at radius 2 is 2.06 bits per heavy atom. The summed E-state index contributed by atoms with van der Waals surface area (Å²) in [6, 6.07) is 0. The summed E-state index contributed by atoms with van der Waals surface area (Å²) in [7, 11) is 3.49. The molecule has 1 heterocycles. The van der Waals surface area contributed by atoms with Crippen LogP contribution in [-0.2, 0) is 4.79 Å². The number of guanidine groups is 1. The largest absolute Gasteiger partial charge is 0.370 e. The maximum Gasteiger partial charge on any atom is 0.223 e. The van der Waals surface area contributed by atoms with Crippen molar-refractivity contribution in [3.05, 3.63) is 0 Å². The molecule has 0 atom stereocenters. The molecule has 0 unspecified atom stereocenters. The molecule has 1 aliphatic rings. The summed E-state index contributed by atoms with van der Waals surface area (Å²) < 4.78 is 0. The Kier molecular flexibility index (Phi) is 5.45. The van der Waals surface area contributed by atoms with Crippen molar-refractivity contribution >= 4 is 23.6 Å². The molecule has 1 fully saturated rings. The number of hydrogen-bond acceptors (Lipinski definition) is 3. The van der Waals surface area contributed by atoms with Crippen LogP contribution in [0.25, 0.3) is 0 Å². The highest BCUT2D eigenvalue weighted by Crippen LogP contribution is 2.08. The Morgan fingerprint density at radius 3 is 2.62 bits per heavy atom. The highest BCUT2D eigenvalue weighted by Gasteiger charge is 2.12. The van der Waals surface area contributed by atoms with E-state index in [4.69, 9.17) is 5.73 Å². The normalized spacial score (nSPS) is 17.4. The number of nitrogens with zero attached hydrogens (tertiary/aromatic N) is 3. The number of rotatable bonds is 3. The predicted octanol–water partition coefficient (Wildman–Crippen LogP) is -0.172. The van der Waals surface area contributed by atoms with Crippen LogP contribution in [0.4, 0.5) is 0 Å². The van der Waals surface area contributed by atoms with Gasteiger partial charge in [-0.1, -0.05) is 0 Å². The van der Waals surface area contributed by atoms with Crippen molar-refractivity contribution < 1.29 is 4.79 Å². The van der Waals surface area contributed by atoms with E-state index in [-0.39, 0.29) is 5.91 Å². The zero-order chi connectivity index (χ0) is 12.0. The van der Waals surface area contributed by atoms with Gasteiger partial charge in [0.25, 0.3) is 0 Å². The molecule has 0 saturated carbocycles. The minimum atomic E-state index is 0.0887. The molecular formula is C10H20N4OS. The number of carbonyl (C=O) groups excluding carboxylic acids is 1. The molecule has 1 rings (SSSR count). The van der Waals surface area contributed by atoms with Crippen molar-refractivity contribution in [3.63, 3.8) is 0 Å². The number of nitrogens with two attached hydrogens (primary N) is 1. The fourth-order valence-electron chi connectivity index (χ4n) is 1.38. The van der Waals surface area contributed by atoms with E-state index < -0.39 is 0 Å². The molecule has 1 amide bonds. The minimum absolute atomic E-state index is 0.0887. The Morgan fingerprint density at radius 1 is 1.44 bits per heavy atom. The minimum Gasteiger partial charge on any atom is -0.370 e. The third-order valence-corrected chi connectivity index (χ3v) is 3.38. The van der Waals surface area contributed by atoms with Crippen molar-refractivity contribution in [2.75, 3.05) is 45.2 Å². The molecule has 16 heavy (non-hydrogen) atoms. The number of thioether (sulfide) groups is 1. The van der Waals surface area contributed by atoms with Crippen LogP contribution in [0.3, 0.4) is 0 Å². The predicted molar refractivity (Wildman–Crippen MR) is 68.7 cm³/mol. The molecule has 6 heteroatoms. The summed E-state index contributed by atoms with van der Waals surface area (Å²) in [6.45, 7) is 2.40. The smallest absolute Gasteiger partial charge is 0.223 e. The van der Waals surface area contributed by atoms with Gasteiger partial charge in [-0.3, -0.25) is 9.79 Å². The maximum atomic E-state index is 11.3. The fourth-order valence-corrected chi connectivity index (χ4v) is 2.29.